The largest absolute Gasteiger partial charge is 0.482 e. The Labute approximate surface area is 171 Å². The summed E-state index contributed by atoms with van der Waals surface area (Å²) in [5, 5.41) is 13.5. The average Bonchev–Trinajstić information content (AvgIpc) is 2.78. The van der Waals surface area contributed by atoms with Crippen LogP contribution in [0.2, 0.25) is 0 Å². The summed E-state index contributed by atoms with van der Waals surface area (Å²) >= 11 is 0. The minimum absolute atomic E-state index is 0.267. The standard InChI is InChI=1S/C23H17N3O4/c27-21(28)15-30-18-12-10-16(11-13-18)14-24-26-22(17-6-2-1-3-7-17)25-20-9-5-4-8-19(20)23(26)29/h1-14H,15H2,(H,27,28). The maximum atomic E-state index is 13.1. The molecule has 0 aliphatic heterocycles. The SMILES string of the molecule is O=C(O)COc1ccc(C=Nn2c(-c3ccccc3)nc3ccccc3c2=O)cc1. The van der Waals surface area contributed by atoms with Crippen molar-refractivity contribution in [3.63, 3.8) is 0 Å². The third-order valence-electron chi connectivity index (χ3n) is 4.35. The minimum Gasteiger partial charge on any atom is -0.482 e. The van der Waals surface area contributed by atoms with E-state index in [1.165, 1.54) is 4.68 Å². The number of ether oxygens (including phenoxy) is 1. The van der Waals surface area contributed by atoms with Gasteiger partial charge in [0.1, 0.15) is 5.75 Å². The molecule has 0 atom stereocenters. The molecule has 0 fully saturated rings. The lowest BCUT2D eigenvalue weighted by atomic mass is 10.2. The zero-order valence-electron chi connectivity index (χ0n) is 15.8. The molecule has 0 aliphatic carbocycles. The van der Waals surface area contributed by atoms with Gasteiger partial charge in [-0.2, -0.15) is 9.78 Å². The molecule has 1 aromatic heterocycles. The van der Waals surface area contributed by atoms with Crippen molar-refractivity contribution in [1.82, 2.24) is 9.66 Å². The van der Waals surface area contributed by atoms with Gasteiger partial charge in [-0.15, -0.1) is 0 Å². The van der Waals surface area contributed by atoms with Crippen LogP contribution in [0.3, 0.4) is 0 Å². The van der Waals surface area contributed by atoms with E-state index in [1.54, 1.807) is 48.7 Å². The molecular formula is C23H17N3O4. The summed E-state index contributed by atoms with van der Waals surface area (Å²) in [6.07, 6.45) is 1.55. The Kier molecular flexibility index (Phi) is 5.34. The second kappa shape index (κ2) is 8.40. The first-order valence-corrected chi connectivity index (χ1v) is 9.18. The monoisotopic (exact) mass is 399 g/mol. The van der Waals surface area contributed by atoms with E-state index < -0.39 is 12.6 Å². The molecule has 1 heterocycles. The van der Waals surface area contributed by atoms with Gasteiger partial charge >= 0.3 is 5.97 Å². The molecule has 0 amide bonds. The molecule has 148 valence electrons. The number of nitrogens with zero attached hydrogens (tertiary/aromatic N) is 3. The fourth-order valence-electron chi connectivity index (χ4n) is 2.92. The molecule has 0 unspecified atom stereocenters. The summed E-state index contributed by atoms with van der Waals surface area (Å²) in [5.74, 6) is -0.168. The smallest absolute Gasteiger partial charge is 0.341 e. The first-order chi connectivity index (χ1) is 14.6. The van der Waals surface area contributed by atoms with Crippen molar-refractivity contribution in [2.75, 3.05) is 6.61 Å². The minimum atomic E-state index is -1.04. The van der Waals surface area contributed by atoms with E-state index in [1.807, 2.05) is 36.4 Å². The Morgan fingerprint density at radius 3 is 2.43 bits per heavy atom. The van der Waals surface area contributed by atoms with Gasteiger partial charge in [0.05, 0.1) is 17.1 Å². The number of benzene rings is 3. The van der Waals surface area contributed by atoms with Gasteiger partial charge in [-0.1, -0.05) is 42.5 Å². The maximum absolute atomic E-state index is 13.1. The third kappa shape index (κ3) is 4.10. The molecule has 7 heteroatoms. The van der Waals surface area contributed by atoms with Crippen LogP contribution in [-0.4, -0.2) is 33.6 Å². The van der Waals surface area contributed by atoms with Crippen LogP contribution < -0.4 is 10.3 Å². The third-order valence-corrected chi connectivity index (χ3v) is 4.35. The van der Waals surface area contributed by atoms with Gasteiger partial charge < -0.3 is 9.84 Å². The van der Waals surface area contributed by atoms with E-state index in [0.29, 0.717) is 22.5 Å². The fraction of sp³-hybridized carbons (Fsp3) is 0.0435. The lowest BCUT2D eigenvalue weighted by Crippen LogP contribution is -2.20. The second-order valence-corrected chi connectivity index (χ2v) is 6.43. The number of rotatable bonds is 6. The van der Waals surface area contributed by atoms with Crippen molar-refractivity contribution in [2.24, 2.45) is 5.10 Å². The number of aliphatic carboxylic acids is 1. The molecule has 4 rings (SSSR count). The zero-order valence-corrected chi connectivity index (χ0v) is 15.8. The number of fused-ring (bicyclic) bond motifs is 1. The Morgan fingerprint density at radius 1 is 1.00 bits per heavy atom. The summed E-state index contributed by atoms with van der Waals surface area (Å²) in [6.45, 7) is -0.411. The lowest BCUT2D eigenvalue weighted by Gasteiger charge is -2.09. The van der Waals surface area contributed by atoms with Gasteiger partial charge in [0.25, 0.3) is 5.56 Å². The predicted molar refractivity (Wildman–Crippen MR) is 114 cm³/mol. The van der Waals surface area contributed by atoms with Crippen molar-refractivity contribution >= 4 is 23.1 Å². The molecular weight excluding hydrogens is 382 g/mol. The number of carboxylic acid groups (broad SMARTS) is 1. The summed E-state index contributed by atoms with van der Waals surface area (Å²) < 4.78 is 6.40. The highest BCUT2D eigenvalue weighted by Crippen LogP contribution is 2.18. The maximum Gasteiger partial charge on any atom is 0.341 e. The van der Waals surface area contributed by atoms with Gasteiger partial charge in [0, 0.05) is 5.56 Å². The number of para-hydroxylation sites is 1. The highest BCUT2D eigenvalue weighted by molar-refractivity contribution is 5.82. The van der Waals surface area contributed by atoms with Gasteiger partial charge in [-0.3, -0.25) is 4.79 Å². The van der Waals surface area contributed by atoms with Gasteiger partial charge in [0.15, 0.2) is 12.4 Å². The predicted octanol–water partition coefficient (Wildman–Crippen LogP) is 3.41. The Morgan fingerprint density at radius 2 is 1.70 bits per heavy atom. The normalized spacial score (nSPS) is 11.1. The van der Waals surface area contributed by atoms with E-state index in [9.17, 15) is 9.59 Å². The van der Waals surface area contributed by atoms with Crippen molar-refractivity contribution in [2.45, 2.75) is 0 Å². The van der Waals surface area contributed by atoms with Crippen LogP contribution in [0.15, 0.2) is 88.8 Å². The Bertz CT molecular complexity index is 1280. The molecule has 0 aliphatic rings. The summed E-state index contributed by atoms with van der Waals surface area (Å²) in [5.41, 5.74) is 1.83. The van der Waals surface area contributed by atoms with Gasteiger partial charge in [-0.05, 0) is 42.0 Å². The van der Waals surface area contributed by atoms with Crippen molar-refractivity contribution < 1.29 is 14.6 Å². The van der Waals surface area contributed by atoms with Crippen LogP contribution in [0.4, 0.5) is 0 Å². The number of hydrogen-bond donors (Lipinski definition) is 1. The molecule has 4 aromatic rings. The molecule has 3 aromatic carbocycles. The first kappa shape index (κ1) is 19.1. The van der Waals surface area contributed by atoms with Crippen LogP contribution in [0.1, 0.15) is 5.56 Å². The van der Waals surface area contributed by atoms with E-state index in [0.717, 1.165) is 11.1 Å². The van der Waals surface area contributed by atoms with Crippen LogP contribution in [0, 0.1) is 0 Å². The van der Waals surface area contributed by atoms with Gasteiger partial charge in [-0.25, -0.2) is 9.78 Å². The van der Waals surface area contributed by atoms with Crippen LogP contribution in [-0.2, 0) is 4.79 Å². The summed E-state index contributed by atoms with van der Waals surface area (Å²) in [7, 11) is 0. The van der Waals surface area contributed by atoms with E-state index in [-0.39, 0.29) is 5.56 Å². The molecule has 1 N–H and O–H groups in total. The summed E-state index contributed by atoms with van der Waals surface area (Å²) in [6, 6.07) is 23.3. The average molecular weight is 399 g/mol. The van der Waals surface area contributed by atoms with Crippen molar-refractivity contribution in [3.8, 4) is 17.1 Å². The number of carboxylic acids is 1. The number of hydrogen-bond acceptors (Lipinski definition) is 5. The van der Waals surface area contributed by atoms with Crippen LogP contribution in [0.5, 0.6) is 5.75 Å². The van der Waals surface area contributed by atoms with E-state index >= 15 is 0 Å². The number of carbonyl (C=O) groups is 1. The highest BCUT2D eigenvalue weighted by atomic mass is 16.5. The van der Waals surface area contributed by atoms with E-state index in [4.69, 9.17) is 9.84 Å². The molecule has 0 radical (unpaired) electrons. The second-order valence-electron chi connectivity index (χ2n) is 6.43. The van der Waals surface area contributed by atoms with Crippen molar-refractivity contribution in [1.29, 1.82) is 0 Å². The summed E-state index contributed by atoms with van der Waals surface area (Å²) in [4.78, 5) is 28.3. The molecule has 7 nitrogen and oxygen atoms in total. The first-order valence-electron chi connectivity index (χ1n) is 9.18. The topological polar surface area (TPSA) is 93.8 Å². The molecule has 0 spiro atoms. The van der Waals surface area contributed by atoms with Gasteiger partial charge in [0.2, 0.25) is 0 Å². The highest BCUT2D eigenvalue weighted by Gasteiger charge is 2.11. The molecule has 0 saturated heterocycles. The molecule has 0 bridgehead atoms. The van der Waals surface area contributed by atoms with Crippen LogP contribution >= 0.6 is 0 Å². The van der Waals surface area contributed by atoms with Crippen molar-refractivity contribution in [3.05, 3.63) is 94.8 Å². The Hall–Kier alpha value is -4.26. The molecule has 30 heavy (non-hydrogen) atoms. The van der Waals surface area contributed by atoms with Crippen LogP contribution in [0.25, 0.3) is 22.3 Å². The Balaban J connectivity index is 1.73. The van der Waals surface area contributed by atoms with E-state index in [2.05, 4.69) is 10.1 Å². The zero-order chi connectivity index (χ0) is 20.9. The quantitative estimate of drug-likeness (QED) is 0.502. The fourth-order valence-corrected chi connectivity index (χ4v) is 2.92. The lowest BCUT2D eigenvalue weighted by molar-refractivity contribution is -0.139. The number of aromatic nitrogens is 2. The molecule has 0 saturated carbocycles.